The summed E-state index contributed by atoms with van der Waals surface area (Å²) in [5.74, 6) is 0. The predicted octanol–water partition coefficient (Wildman–Crippen LogP) is 3.93. The molecule has 1 N–H and O–H groups in total. The molecule has 1 aliphatic heterocycles. The maximum atomic E-state index is 3.46. The Morgan fingerprint density at radius 3 is 2.56 bits per heavy atom. The van der Waals surface area contributed by atoms with E-state index in [1.165, 1.54) is 16.7 Å². The Morgan fingerprint density at radius 1 is 0.889 bits per heavy atom. The number of aryl methyl sites for hydroxylation is 1. The highest BCUT2D eigenvalue weighted by Gasteiger charge is 2.15. The van der Waals surface area contributed by atoms with E-state index in [1.54, 1.807) is 0 Å². The van der Waals surface area contributed by atoms with Gasteiger partial charge in [-0.2, -0.15) is 0 Å². The van der Waals surface area contributed by atoms with Crippen molar-refractivity contribution < 1.29 is 0 Å². The molecule has 2 aromatic carbocycles. The summed E-state index contributed by atoms with van der Waals surface area (Å²) in [5, 5.41) is 3.46. The van der Waals surface area contributed by atoms with Gasteiger partial charge in [-0.3, -0.25) is 0 Å². The highest BCUT2D eigenvalue weighted by Crippen LogP contribution is 2.26. The number of rotatable bonds is 3. The summed E-state index contributed by atoms with van der Waals surface area (Å²) < 4.78 is 0. The van der Waals surface area contributed by atoms with Gasteiger partial charge >= 0.3 is 0 Å². The number of nitrogens with one attached hydrogen (secondary N) is 1. The summed E-state index contributed by atoms with van der Waals surface area (Å²) in [4.78, 5) is 0. The summed E-state index contributed by atoms with van der Waals surface area (Å²) in [5.41, 5.74) is 4.16. The fourth-order valence-electron chi connectivity index (χ4n) is 2.52. The Morgan fingerprint density at radius 2 is 1.67 bits per heavy atom. The number of hydrogen-bond donors (Lipinski definition) is 1. The van der Waals surface area contributed by atoms with Crippen molar-refractivity contribution in [1.82, 2.24) is 5.32 Å². The van der Waals surface area contributed by atoms with Crippen LogP contribution in [0.3, 0.4) is 0 Å². The van der Waals surface area contributed by atoms with Gasteiger partial charge in [-0.05, 0) is 41.8 Å². The van der Waals surface area contributed by atoms with Crippen LogP contribution >= 0.6 is 0 Å². The molecule has 90 valence electrons. The molecular formula is C17H17N. The predicted molar refractivity (Wildman–Crippen MR) is 76.1 cm³/mol. The lowest BCUT2D eigenvalue weighted by Crippen LogP contribution is -2.20. The van der Waals surface area contributed by atoms with Crippen molar-refractivity contribution >= 4 is 6.08 Å². The first-order valence-corrected chi connectivity index (χ1v) is 6.49. The molecule has 0 aliphatic carbocycles. The van der Waals surface area contributed by atoms with Gasteiger partial charge in [-0.1, -0.05) is 54.6 Å². The lowest BCUT2D eigenvalue weighted by molar-refractivity contribution is 0.566. The average Bonchev–Trinajstić information content (AvgIpc) is 2.46. The molecule has 0 saturated carbocycles. The van der Waals surface area contributed by atoms with E-state index in [0.29, 0.717) is 6.04 Å². The number of hydrogen-bond acceptors (Lipinski definition) is 1. The smallest absolute Gasteiger partial charge is 0.0517 e. The van der Waals surface area contributed by atoms with Crippen LogP contribution < -0.4 is 5.32 Å². The molecular weight excluding hydrogens is 218 g/mol. The molecule has 0 radical (unpaired) electrons. The van der Waals surface area contributed by atoms with E-state index in [0.717, 1.165) is 12.8 Å². The van der Waals surface area contributed by atoms with Crippen LogP contribution in [0.4, 0.5) is 0 Å². The third kappa shape index (κ3) is 2.30. The third-order valence-electron chi connectivity index (χ3n) is 3.50. The molecule has 1 nitrogen and oxygen atoms in total. The van der Waals surface area contributed by atoms with Crippen LogP contribution in [0.25, 0.3) is 6.08 Å². The molecule has 1 aliphatic rings. The fourth-order valence-corrected chi connectivity index (χ4v) is 2.52. The van der Waals surface area contributed by atoms with E-state index >= 15 is 0 Å². The highest BCUT2D eigenvalue weighted by molar-refractivity contribution is 5.56. The van der Waals surface area contributed by atoms with Gasteiger partial charge in [0, 0.05) is 0 Å². The van der Waals surface area contributed by atoms with Crippen LogP contribution in [0.5, 0.6) is 0 Å². The van der Waals surface area contributed by atoms with Crippen LogP contribution in [0.2, 0.25) is 0 Å². The zero-order chi connectivity index (χ0) is 12.2. The Bertz CT molecular complexity index is 543. The minimum Gasteiger partial charge on any atom is -0.384 e. The Hall–Kier alpha value is -2.02. The Kier molecular flexibility index (Phi) is 3.14. The normalized spacial score (nSPS) is 17.0. The maximum Gasteiger partial charge on any atom is 0.0517 e. The largest absolute Gasteiger partial charge is 0.384 e. The van der Waals surface area contributed by atoms with Gasteiger partial charge in [0.05, 0.1) is 6.04 Å². The summed E-state index contributed by atoms with van der Waals surface area (Å²) in [6.45, 7) is 0. The van der Waals surface area contributed by atoms with Crippen molar-refractivity contribution in [3.8, 4) is 0 Å². The molecule has 0 spiro atoms. The van der Waals surface area contributed by atoms with E-state index in [1.807, 2.05) is 0 Å². The molecule has 0 bridgehead atoms. The molecule has 18 heavy (non-hydrogen) atoms. The molecule has 0 amide bonds. The van der Waals surface area contributed by atoms with Gasteiger partial charge in [0.1, 0.15) is 0 Å². The van der Waals surface area contributed by atoms with Crippen molar-refractivity contribution in [2.75, 3.05) is 0 Å². The third-order valence-corrected chi connectivity index (χ3v) is 3.50. The molecule has 1 heteroatoms. The second-order valence-corrected chi connectivity index (χ2v) is 4.71. The topological polar surface area (TPSA) is 12.0 Å². The van der Waals surface area contributed by atoms with Gasteiger partial charge < -0.3 is 5.32 Å². The van der Waals surface area contributed by atoms with Crippen molar-refractivity contribution in [2.24, 2.45) is 0 Å². The van der Waals surface area contributed by atoms with Gasteiger partial charge in [0.15, 0.2) is 0 Å². The zero-order valence-electron chi connectivity index (χ0n) is 10.3. The Balaban J connectivity index is 1.73. The molecule has 1 heterocycles. The van der Waals surface area contributed by atoms with E-state index in [9.17, 15) is 0 Å². The van der Waals surface area contributed by atoms with E-state index in [2.05, 4.69) is 72.2 Å². The van der Waals surface area contributed by atoms with Crippen LogP contribution in [0.15, 0.2) is 60.8 Å². The lowest BCUT2D eigenvalue weighted by atomic mass is 9.93. The Labute approximate surface area is 108 Å². The first-order chi connectivity index (χ1) is 8.93. The SMILES string of the molecule is C1=Cc2ccccc2C(CCc2ccccc2)N1. The number of benzene rings is 2. The monoisotopic (exact) mass is 235 g/mol. The van der Waals surface area contributed by atoms with Crippen LogP contribution in [0, 0.1) is 0 Å². The zero-order valence-corrected chi connectivity index (χ0v) is 10.3. The average molecular weight is 235 g/mol. The van der Waals surface area contributed by atoms with Crippen molar-refractivity contribution in [1.29, 1.82) is 0 Å². The van der Waals surface area contributed by atoms with E-state index in [-0.39, 0.29) is 0 Å². The number of fused-ring (bicyclic) bond motifs is 1. The van der Waals surface area contributed by atoms with Crippen LogP contribution in [0.1, 0.15) is 29.2 Å². The molecule has 0 aromatic heterocycles. The molecule has 0 saturated heterocycles. The fraction of sp³-hybridized carbons (Fsp3) is 0.176. The molecule has 3 rings (SSSR count). The summed E-state index contributed by atoms with van der Waals surface area (Å²) in [6, 6.07) is 19.7. The summed E-state index contributed by atoms with van der Waals surface area (Å²) in [7, 11) is 0. The molecule has 1 atom stereocenters. The first kappa shape index (κ1) is 11.1. The highest BCUT2D eigenvalue weighted by atomic mass is 14.9. The van der Waals surface area contributed by atoms with Crippen molar-refractivity contribution in [3.63, 3.8) is 0 Å². The lowest BCUT2D eigenvalue weighted by Gasteiger charge is -2.23. The quantitative estimate of drug-likeness (QED) is 0.849. The molecule has 1 unspecified atom stereocenters. The van der Waals surface area contributed by atoms with Crippen LogP contribution in [-0.2, 0) is 6.42 Å². The second kappa shape index (κ2) is 5.09. The van der Waals surface area contributed by atoms with Gasteiger partial charge in [-0.25, -0.2) is 0 Å². The minimum atomic E-state index is 0.436. The van der Waals surface area contributed by atoms with Gasteiger partial charge in [0.2, 0.25) is 0 Å². The molecule has 2 aromatic rings. The van der Waals surface area contributed by atoms with Gasteiger partial charge in [-0.15, -0.1) is 0 Å². The van der Waals surface area contributed by atoms with Crippen molar-refractivity contribution in [2.45, 2.75) is 18.9 Å². The minimum absolute atomic E-state index is 0.436. The standard InChI is InChI=1S/C17H17N/c1-2-6-14(7-3-1)10-11-17-16-9-5-4-8-15(16)12-13-18-17/h1-9,12-13,17-18H,10-11H2. The van der Waals surface area contributed by atoms with Crippen LogP contribution in [-0.4, -0.2) is 0 Å². The first-order valence-electron chi connectivity index (χ1n) is 6.49. The van der Waals surface area contributed by atoms with Crippen molar-refractivity contribution in [3.05, 3.63) is 77.5 Å². The van der Waals surface area contributed by atoms with Gasteiger partial charge in [0.25, 0.3) is 0 Å². The maximum absolute atomic E-state index is 3.46. The van der Waals surface area contributed by atoms with E-state index < -0.39 is 0 Å². The summed E-state index contributed by atoms with van der Waals surface area (Å²) >= 11 is 0. The summed E-state index contributed by atoms with van der Waals surface area (Å²) in [6.07, 6.45) is 6.46. The second-order valence-electron chi connectivity index (χ2n) is 4.71. The van der Waals surface area contributed by atoms with E-state index in [4.69, 9.17) is 0 Å². The molecule has 0 fully saturated rings.